The van der Waals surface area contributed by atoms with Gasteiger partial charge in [-0.1, -0.05) is 18.2 Å². The van der Waals surface area contributed by atoms with E-state index in [-0.39, 0.29) is 0 Å². The fourth-order valence-corrected chi connectivity index (χ4v) is 3.15. The van der Waals surface area contributed by atoms with Gasteiger partial charge in [-0.15, -0.1) is 4.68 Å². The van der Waals surface area contributed by atoms with E-state index in [1.807, 2.05) is 40.1 Å². The van der Waals surface area contributed by atoms with E-state index in [0.717, 1.165) is 16.4 Å². The van der Waals surface area contributed by atoms with Crippen molar-refractivity contribution >= 4 is 20.0 Å². The Labute approximate surface area is 155 Å². The molecule has 0 fully saturated rings. The molecule has 2 aromatic rings. The van der Waals surface area contributed by atoms with E-state index in [1.54, 1.807) is 0 Å². The molecule has 158 valence electrons. The van der Waals surface area contributed by atoms with E-state index in [4.69, 9.17) is 0 Å². The highest BCUT2D eigenvalue weighted by atomic mass is 32.3. The molecule has 0 unspecified atom stereocenters. The van der Waals surface area contributed by atoms with Crippen molar-refractivity contribution in [3.8, 4) is 5.69 Å². The van der Waals surface area contributed by atoms with Crippen LogP contribution in [0.5, 0.6) is 0 Å². The SMILES string of the molecule is CCn1c[n+](-c2ccccc2)cn1.O=S(=O)([N-]S(=O)(=O)C(F)(F)F)C(F)(F)F. The van der Waals surface area contributed by atoms with E-state index < -0.39 is 31.1 Å². The van der Waals surface area contributed by atoms with Crippen LogP contribution in [0.25, 0.3) is 9.81 Å². The number of halogens is 6. The molecule has 8 nitrogen and oxygen atoms in total. The van der Waals surface area contributed by atoms with Gasteiger partial charge in [0, 0.05) is 5.10 Å². The van der Waals surface area contributed by atoms with E-state index in [9.17, 15) is 43.2 Å². The molecule has 1 aromatic heterocycles. The van der Waals surface area contributed by atoms with Gasteiger partial charge in [0.15, 0.2) is 20.0 Å². The molecule has 0 bridgehead atoms. The van der Waals surface area contributed by atoms with Crippen LogP contribution in [0, 0.1) is 0 Å². The van der Waals surface area contributed by atoms with Crippen LogP contribution in [0.4, 0.5) is 26.3 Å². The number of nitrogens with zero attached hydrogens (tertiary/aromatic N) is 4. The molecule has 28 heavy (non-hydrogen) atoms. The van der Waals surface area contributed by atoms with E-state index in [2.05, 4.69) is 24.2 Å². The average Bonchev–Trinajstić information content (AvgIpc) is 3.02. The van der Waals surface area contributed by atoms with Crippen LogP contribution in [0.1, 0.15) is 6.92 Å². The smallest absolute Gasteiger partial charge is 0.421 e. The Bertz CT molecular complexity index is 943. The third-order valence-corrected chi connectivity index (χ3v) is 5.48. The summed E-state index contributed by atoms with van der Waals surface area (Å²) in [5.74, 6) is 0. The van der Waals surface area contributed by atoms with Gasteiger partial charge in [-0.25, -0.2) is 21.4 Å². The summed E-state index contributed by atoms with van der Waals surface area (Å²) >= 11 is 0. The number of benzene rings is 1. The first kappa shape index (κ1) is 23.8. The molecular weight excluding hydrogens is 442 g/mol. The van der Waals surface area contributed by atoms with Gasteiger partial charge in [0.2, 0.25) is 6.33 Å². The van der Waals surface area contributed by atoms with Gasteiger partial charge in [-0.3, -0.25) is 0 Å². The van der Waals surface area contributed by atoms with Gasteiger partial charge in [0.25, 0.3) is 6.33 Å². The van der Waals surface area contributed by atoms with E-state index in [1.165, 1.54) is 0 Å². The van der Waals surface area contributed by atoms with Crippen molar-refractivity contribution in [3.63, 3.8) is 0 Å². The summed E-state index contributed by atoms with van der Waals surface area (Å²) in [5.41, 5.74) is -11.3. The summed E-state index contributed by atoms with van der Waals surface area (Å²) < 4.78 is 113. The molecule has 0 aliphatic carbocycles. The summed E-state index contributed by atoms with van der Waals surface area (Å²) in [6, 6.07) is 10.2. The summed E-state index contributed by atoms with van der Waals surface area (Å²) in [4.78, 5) is 0. The third-order valence-electron chi connectivity index (χ3n) is 2.74. The second-order valence-electron chi connectivity index (χ2n) is 4.76. The zero-order chi connectivity index (χ0) is 21.8. The summed E-state index contributed by atoms with van der Waals surface area (Å²) in [5, 5.41) is 4.19. The lowest BCUT2D eigenvalue weighted by atomic mass is 10.3. The number of rotatable bonds is 4. The van der Waals surface area contributed by atoms with Crippen molar-refractivity contribution in [3.05, 3.63) is 47.1 Å². The topological polar surface area (TPSA) is 104 Å². The number of sulfonamides is 2. The molecule has 0 N–H and O–H groups in total. The molecule has 1 aromatic carbocycles. The first-order chi connectivity index (χ1) is 12.6. The molecule has 16 heteroatoms. The number of aromatic nitrogens is 3. The van der Waals surface area contributed by atoms with Crippen LogP contribution >= 0.6 is 0 Å². The van der Waals surface area contributed by atoms with Crippen LogP contribution in [-0.2, 0) is 26.6 Å². The summed E-state index contributed by atoms with van der Waals surface area (Å²) in [6.07, 6.45) is 3.80. The number of aryl methyl sites for hydroxylation is 1. The van der Waals surface area contributed by atoms with Crippen LogP contribution in [0.3, 0.4) is 0 Å². The van der Waals surface area contributed by atoms with E-state index in [0.29, 0.717) is 0 Å². The van der Waals surface area contributed by atoms with Gasteiger partial charge >= 0.3 is 11.0 Å². The molecule has 1 heterocycles. The summed E-state index contributed by atoms with van der Waals surface area (Å²) in [7, 11) is -13.4. The first-order valence-electron chi connectivity index (χ1n) is 6.96. The normalized spacial score (nSPS) is 13.0. The van der Waals surface area contributed by atoms with Gasteiger partial charge in [0.1, 0.15) is 12.2 Å². The molecule has 0 atom stereocenters. The zero-order valence-corrected chi connectivity index (χ0v) is 15.4. The lowest BCUT2D eigenvalue weighted by Gasteiger charge is -2.22. The third kappa shape index (κ3) is 6.16. The van der Waals surface area contributed by atoms with Crippen molar-refractivity contribution in [1.29, 1.82) is 0 Å². The highest BCUT2D eigenvalue weighted by Crippen LogP contribution is 2.36. The van der Waals surface area contributed by atoms with Crippen molar-refractivity contribution < 1.29 is 47.7 Å². The molecule has 0 aliphatic heterocycles. The van der Waals surface area contributed by atoms with Gasteiger partial charge in [-0.2, -0.15) is 26.3 Å². The number of para-hydroxylation sites is 1. The van der Waals surface area contributed by atoms with Crippen molar-refractivity contribution in [2.24, 2.45) is 0 Å². The predicted molar refractivity (Wildman–Crippen MR) is 82.7 cm³/mol. The average molecular weight is 454 g/mol. The van der Waals surface area contributed by atoms with Gasteiger partial charge < -0.3 is 4.13 Å². The predicted octanol–water partition coefficient (Wildman–Crippen LogP) is 2.24. The first-order valence-corrected chi connectivity index (χ1v) is 9.84. The van der Waals surface area contributed by atoms with E-state index >= 15 is 0 Å². The minimum Gasteiger partial charge on any atom is -0.421 e. The monoisotopic (exact) mass is 454 g/mol. The quantitative estimate of drug-likeness (QED) is 0.521. The molecule has 0 amide bonds. The molecule has 0 spiro atoms. The second kappa shape index (κ2) is 8.44. The maximum atomic E-state index is 11.4. The minimum absolute atomic E-state index is 0.778. The molecule has 0 saturated heterocycles. The second-order valence-corrected chi connectivity index (χ2v) is 8.18. The summed E-state index contributed by atoms with van der Waals surface area (Å²) in [6.45, 7) is 2.97. The lowest BCUT2D eigenvalue weighted by Crippen LogP contribution is -2.30. The van der Waals surface area contributed by atoms with Crippen LogP contribution < -0.4 is 4.57 Å². The molecular formula is C12H12F6N4O4S2. The molecule has 0 aliphatic rings. The standard InChI is InChI=1S/C10H12N3.C2F6NO4S2/c1-2-13-9-12(8-11-13)10-6-4-3-5-7-10;3-1(4,5)14(10,11)9-15(12,13)2(6,7)8/h3-9H,2H2,1H3;/q+1;-1. The van der Waals surface area contributed by atoms with Crippen molar-refractivity contribution in [2.75, 3.05) is 0 Å². The molecule has 0 saturated carbocycles. The molecule has 2 rings (SSSR count). The minimum atomic E-state index is -6.72. The maximum absolute atomic E-state index is 11.4. The number of hydrogen-bond donors (Lipinski definition) is 0. The highest BCUT2D eigenvalue weighted by Gasteiger charge is 2.46. The van der Waals surface area contributed by atoms with Crippen molar-refractivity contribution in [2.45, 2.75) is 24.5 Å². The maximum Gasteiger partial charge on any atom is 0.480 e. The van der Waals surface area contributed by atoms with Gasteiger partial charge in [0.05, 0.1) is 0 Å². The Kier molecular flexibility index (Phi) is 7.18. The lowest BCUT2D eigenvalue weighted by molar-refractivity contribution is -0.596. The van der Waals surface area contributed by atoms with Gasteiger partial charge in [-0.05, 0) is 19.1 Å². The zero-order valence-electron chi connectivity index (χ0n) is 13.8. The fraction of sp³-hybridized carbons (Fsp3) is 0.333. The van der Waals surface area contributed by atoms with Crippen molar-refractivity contribution in [1.82, 2.24) is 9.78 Å². The van der Waals surface area contributed by atoms with Crippen LogP contribution in [-0.4, -0.2) is 37.6 Å². The Hall–Kier alpha value is -2.20. The van der Waals surface area contributed by atoms with Crippen LogP contribution in [0.15, 0.2) is 43.0 Å². The number of alkyl halides is 6. The highest BCUT2D eigenvalue weighted by molar-refractivity contribution is 8.13. The largest absolute Gasteiger partial charge is 0.480 e. The Morgan fingerprint density at radius 2 is 1.43 bits per heavy atom. The number of hydrogen-bond acceptors (Lipinski definition) is 5. The Balaban J connectivity index is 0.000000281. The fourth-order valence-electron chi connectivity index (χ4n) is 1.44. The Morgan fingerprint density at radius 3 is 1.79 bits per heavy atom. The molecule has 0 radical (unpaired) electrons. The Morgan fingerprint density at radius 1 is 0.964 bits per heavy atom. The van der Waals surface area contributed by atoms with Crippen LogP contribution in [0.2, 0.25) is 0 Å².